The molecule has 0 unspecified atom stereocenters. The van der Waals surface area contributed by atoms with Crippen LogP contribution < -0.4 is 5.32 Å². The average molecular weight is 351 g/mol. The van der Waals surface area contributed by atoms with Gasteiger partial charge in [-0.3, -0.25) is 9.69 Å². The van der Waals surface area contributed by atoms with E-state index in [4.69, 9.17) is 0 Å². The largest absolute Gasteiger partial charge is 0.325 e. The predicted octanol–water partition coefficient (Wildman–Crippen LogP) is 5.34. The molecule has 1 aliphatic rings. The zero-order valence-electron chi connectivity index (χ0n) is 15.9. The van der Waals surface area contributed by atoms with Crippen molar-refractivity contribution in [3.63, 3.8) is 0 Å². The Bertz CT molecular complexity index is 705. The highest BCUT2D eigenvalue weighted by atomic mass is 16.1. The molecule has 0 spiro atoms. The van der Waals surface area contributed by atoms with Gasteiger partial charge >= 0.3 is 0 Å². The molecule has 2 aromatic carbocycles. The third-order valence-corrected chi connectivity index (χ3v) is 5.34. The van der Waals surface area contributed by atoms with E-state index in [0.29, 0.717) is 18.5 Å². The second-order valence-electron chi connectivity index (χ2n) is 7.48. The summed E-state index contributed by atoms with van der Waals surface area (Å²) < 4.78 is 0. The number of nitrogens with one attached hydrogen (secondary N) is 1. The Hall–Kier alpha value is -2.13. The van der Waals surface area contributed by atoms with Crippen LogP contribution in [0.2, 0.25) is 0 Å². The highest BCUT2D eigenvalue weighted by Crippen LogP contribution is 2.28. The maximum Gasteiger partial charge on any atom is 0.225 e. The fourth-order valence-corrected chi connectivity index (χ4v) is 4.00. The second-order valence-corrected chi connectivity index (χ2v) is 7.48. The lowest BCUT2D eigenvalue weighted by atomic mass is 10.0. The molecule has 0 heterocycles. The predicted molar refractivity (Wildman–Crippen MR) is 109 cm³/mol. The third kappa shape index (κ3) is 4.73. The standard InChI is InChI=1S/C23H30N2O/c1-18(2)25(20-12-6-7-13-20)17-16-23(26)24-22-15-9-8-14-21(22)19-10-4-3-5-11-19/h3-5,8-11,14-15,18,20H,6-7,12-13,16-17H2,1-2H3,(H,24,26). The molecule has 3 heteroatoms. The Morgan fingerprint density at radius 1 is 1.04 bits per heavy atom. The summed E-state index contributed by atoms with van der Waals surface area (Å²) in [5.41, 5.74) is 3.08. The van der Waals surface area contributed by atoms with E-state index in [1.165, 1.54) is 25.7 Å². The van der Waals surface area contributed by atoms with Crippen LogP contribution in [0.5, 0.6) is 0 Å². The number of hydrogen-bond acceptors (Lipinski definition) is 2. The van der Waals surface area contributed by atoms with Crippen molar-refractivity contribution in [3.8, 4) is 11.1 Å². The molecule has 1 aliphatic carbocycles. The van der Waals surface area contributed by atoms with Gasteiger partial charge < -0.3 is 5.32 Å². The quantitative estimate of drug-likeness (QED) is 0.731. The van der Waals surface area contributed by atoms with Crippen LogP contribution in [0.4, 0.5) is 5.69 Å². The van der Waals surface area contributed by atoms with Gasteiger partial charge in [0, 0.05) is 36.3 Å². The lowest BCUT2D eigenvalue weighted by molar-refractivity contribution is -0.116. The van der Waals surface area contributed by atoms with Gasteiger partial charge in [-0.2, -0.15) is 0 Å². The Morgan fingerprint density at radius 3 is 2.38 bits per heavy atom. The molecule has 138 valence electrons. The van der Waals surface area contributed by atoms with Crippen LogP contribution in [0.1, 0.15) is 46.0 Å². The molecule has 0 aromatic heterocycles. The number of benzene rings is 2. The maximum absolute atomic E-state index is 12.6. The number of anilines is 1. The van der Waals surface area contributed by atoms with Crippen LogP contribution in [0.15, 0.2) is 54.6 Å². The molecular weight excluding hydrogens is 320 g/mol. The van der Waals surface area contributed by atoms with Gasteiger partial charge in [-0.05, 0) is 38.3 Å². The van der Waals surface area contributed by atoms with Crippen molar-refractivity contribution in [2.45, 2.75) is 58.0 Å². The van der Waals surface area contributed by atoms with Gasteiger partial charge in [0.15, 0.2) is 0 Å². The molecule has 0 aliphatic heterocycles. The zero-order valence-corrected chi connectivity index (χ0v) is 15.9. The summed E-state index contributed by atoms with van der Waals surface area (Å²) in [6.07, 6.45) is 5.74. The molecule has 0 atom stereocenters. The van der Waals surface area contributed by atoms with E-state index in [1.807, 2.05) is 36.4 Å². The van der Waals surface area contributed by atoms with Crippen molar-refractivity contribution in [2.24, 2.45) is 0 Å². The first-order chi connectivity index (χ1) is 12.6. The Balaban J connectivity index is 1.63. The molecule has 0 bridgehead atoms. The van der Waals surface area contributed by atoms with Gasteiger partial charge in [-0.25, -0.2) is 0 Å². The molecule has 26 heavy (non-hydrogen) atoms. The third-order valence-electron chi connectivity index (χ3n) is 5.34. The Kier molecular flexibility index (Phi) is 6.45. The summed E-state index contributed by atoms with van der Waals surface area (Å²) in [5, 5.41) is 3.13. The van der Waals surface area contributed by atoms with Gasteiger partial charge in [0.25, 0.3) is 0 Å². The van der Waals surface area contributed by atoms with E-state index in [9.17, 15) is 4.79 Å². The minimum absolute atomic E-state index is 0.0945. The van der Waals surface area contributed by atoms with Crippen molar-refractivity contribution >= 4 is 11.6 Å². The molecule has 2 aromatic rings. The van der Waals surface area contributed by atoms with Gasteiger partial charge in [0.2, 0.25) is 5.91 Å². The number of carbonyl (C=O) groups is 1. The van der Waals surface area contributed by atoms with Crippen molar-refractivity contribution in [2.75, 3.05) is 11.9 Å². The maximum atomic E-state index is 12.6. The van der Waals surface area contributed by atoms with Gasteiger partial charge in [0.1, 0.15) is 0 Å². The smallest absolute Gasteiger partial charge is 0.225 e. The molecule has 0 radical (unpaired) electrons. The number of carbonyl (C=O) groups excluding carboxylic acids is 1. The fraction of sp³-hybridized carbons (Fsp3) is 0.435. The van der Waals surface area contributed by atoms with Crippen molar-refractivity contribution < 1.29 is 4.79 Å². The highest BCUT2D eigenvalue weighted by Gasteiger charge is 2.24. The lowest BCUT2D eigenvalue weighted by Crippen LogP contribution is -2.40. The Labute approximate surface area is 157 Å². The monoisotopic (exact) mass is 350 g/mol. The van der Waals surface area contributed by atoms with Gasteiger partial charge in [-0.15, -0.1) is 0 Å². The normalized spacial score (nSPS) is 14.9. The first-order valence-corrected chi connectivity index (χ1v) is 9.85. The fourth-order valence-electron chi connectivity index (χ4n) is 4.00. The first-order valence-electron chi connectivity index (χ1n) is 9.85. The molecular formula is C23H30N2O. The summed E-state index contributed by atoms with van der Waals surface area (Å²) >= 11 is 0. The van der Waals surface area contributed by atoms with E-state index in [0.717, 1.165) is 23.4 Å². The van der Waals surface area contributed by atoms with E-state index in [1.54, 1.807) is 0 Å². The summed E-state index contributed by atoms with van der Waals surface area (Å²) in [4.78, 5) is 15.1. The molecule has 1 fully saturated rings. The van der Waals surface area contributed by atoms with Crippen LogP contribution in [0, 0.1) is 0 Å². The number of amides is 1. The minimum atomic E-state index is 0.0945. The van der Waals surface area contributed by atoms with Crippen molar-refractivity contribution in [1.82, 2.24) is 4.90 Å². The van der Waals surface area contributed by atoms with Gasteiger partial charge in [-0.1, -0.05) is 61.4 Å². The number of hydrogen-bond donors (Lipinski definition) is 1. The highest BCUT2D eigenvalue weighted by molar-refractivity contribution is 5.95. The molecule has 3 nitrogen and oxygen atoms in total. The summed E-state index contributed by atoms with van der Waals surface area (Å²) in [5.74, 6) is 0.0945. The van der Waals surface area contributed by atoms with E-state index in [-0.39, 0.29) is 5.91 Å². The number of rotatable bonds is 7. The summed E-state index contributed by atoms with van der Waals surface area (Å²) in [7, 11) is 0. The van der Waals surface area contributed by atoms with Crippen molar-refractivity contribution in [1.29, 1.82) is 0 Å². The molecule has 1 amide bonds. The summed E-state index contributed by atoms with van der Waals surface area (Å²) in [6.45, 7) is 5.31. The minimum Gasteiger partial charge on any atom is -0.325 e. The molecule has 0 saturated heterocycles. The van der Waals surface area contributed by atoms with Crippen molar-refractivity contribution in [3.05, 3.63) is 54.6 Å². The topological polar surface area (TPSA) is 32.3 Å². The second kappa shape index (κ2) is 9.00. The van der Waals surface area contributed by atoms with Crippen LogP contribution in [-0.2, 0) is 4.79 Å². The summed E-state index contributed by atoms with van der Waals surface area (Å²) in [6, 6.07) is 19.4. The van der Waals surface area contributed by atoms with E-state index < -0.39 is 0 Å². The number of nitrogens with zero attached hydrogens (tertiary/aromatic N) is 1. The lowest BCUT2D eigenvalue weighted by Gasteiger charge is -2.32. The Morgan fingerprint density at radius 2 is 1.69 bits per heavy atom. The zero-order chi connectivity index (χ0) is 18.4. The average Bonchev–Trinajstić information content (AvgIpc) is 3.17. The van der Waals surface area contributed by atoms with E-state index in [2.05, 4.69) is 42.3 Å². The van der Waals surface area contributed by atoms with Crippen LogP contribution in [0.3, 0.4) is 0 Å². The molecule has 3 rings (SSSR count). The molecule has 1 N–H and O–H groups in total. The van der Waals surface area contributed by atoms with Crippen LogP contribution in [-0.4, -0.2) is 29.4 Å². The van der Waals surface area contributed by atoms with Gasteiger partial charge in [0.05, 0.1) is 0 Å². The van der Waals surface area contributed by atoms with E-state index >= 15 is 0 Å². The van der Waals surface area contributed by atoms with Crippen LogP contribution >= 0.6 is 0 Å². The molecule has 1 saturated carbocycles. The first kappa shape index (κ1) is 18.7. The SMILES string of the molecule is CC(C)N(CCC(=O)Nc1ccccc1-c1ccccc1)C1CCCC1. The van der Waals surface area contributed by atoms with Crippen LogP contribution in [0.25, 0.3) is 11.1 Å². The number of para-hydroxylation sites is 1.